The first-order chi connectivity index (χ1) is 14.1. The molecule has 1 saturated heterocycles. The van der Waals surface area contributed by atoms with Crippen LogP contribution in [0.15, 0.2) is 18.3 Å². The fourth-order valence-electron chi connectivity index (χ4n) is 3.96. The van der Waals surface area contributed by atoms with Crippen molar-refractivity contribution >= 4 is 38.6 Å². The first-order valence-corrected chi connectivity index (χ1v) is 11.7. The molecule has 160 valence electrons. The van der Waals surface area contributed by atoms with E-state index < -0.39 is 15.8 Å². The fraction of sp³-hybridized carbons (Fsp3) is 0.421. The van der Waals surface area contributed by atoms with Gasteiger partial charge in [-0.1, -0.05) is 11.6 Å². The summed E-state index contributed by atoms with van der Waals surface area (Å²) in [7, 11) is -3.28. The molecule has 3 heterocycles. The van der Waals surface area contributed by atoms with Crippen LogP contribution in [0.5, 0.6) is 0 Å². The lowest BCUT2D eigenvalue weighted by molar-refractivity contribution is 0.471. The molecule has 3 aromatic rings. The van der Waals surface area contributed by atoms with E-state index in [1.807, 2.05) is 18.4 Å². The van der Waals surface area contributed by atoms with E-state index in [9.17, 15) is 8.42 Å². The van der Waals surface area contributed by atoms with Crippen molar-refractivity contribution in [3.63, 3.8) is 0 Å². The topological polar surface area (TPSA) is 107 Å². The van der Waals surface area contributed by atoms with Gasteiger partial charge in [-0.3, -0.25) is 0 Å². The minimum atomic E-state index is -3.28. The lowest BCUT2D eigenvalue weighted by Gasteiger charge is -2.18. The van der Waals surface area contributed by atoms with Crippen LogP contribution in [0.1, 0.15) is 38.1 Å². The molecule has 1 aliphatic rings. The lowest BCUT2D eigenvalue weighted by Crippen LogP contribution is -2.27. The van der Waals surface area contributed by atoms with Crippen molar-refractivity contribution in [2.45, 2.75) is 32.2 Å². The molecular weight excluding hydrogens is 431 g/mol. The predicted octanol–water partition coefficient (Wildman–Crippen LogP) is 3.20. The monoisotopic (exact) mass is 452 g/mol. The van der Waals surface area contributed by atoms with Gasteiger partial charge >= 0.3 is 0 Å². The molecule has 0 aliphatic carbocycles. The molecule has 30 heavy (non-hydrogen) atoms. The number of nitrogen functional groups attached to an aromatic ring is 1. The molecule has 8 nitrogen and oxygen atoms in total. The Morgan fingerprint density at radius 2 is 2.03 bits per heavy atom. The standard InChI is InChI=1S/C19H22ClFN6O2S/c1-10(2)27-15-7-12(16-13(20)8-23-19(22)25-16)6-14(21)17(15)24-18(27)11-4-5-26(9-11)30(3,28)29/h6-8,10-11H,4-5,9H2,1-3H3,(H2,22,23,25)/t11-/m1/s1. The fourth-order valence-corrected chi connectivity index (χ4v) is 5.05. The molecular formula is C19H22ClFN6O2S. The Morgan fingerprint density at radius 3 is 2.67 bits per heavy atom. The maximum Gasteiger partial charge on any atom is 0.220 e. The van der Waals surface area contributed by atoms with Crippen molar-refractivity contribution < 1.29 is 12.8 Å². The minimum absolute atomic E-state index is 0.0159. The predicted molar refractivity (Wildman–Crippen MR) is 114 cm³/mol. The number of imidazole rings is 1. The molecule has 1 aliphatic heterocycles. The zero-order valence-electron chi connectivity index (χ0n) is 16.8. The van der Waals surface area contributed by atoms with Crippen molar-refractivity contribution in [3.8, 4) is 11.3 Å². The van der Waals surface area contributed by atoms with Crippen LogP contribution in [0.25, 0.3) is 22.3 Å². The highest BCUT2D eigenvalue weighted by atomic mass is 35.5. The van der Waals surface area contributed by atoms with Crippen LogP contribution in [0.3, 0.4) is 0 Å². The van der Waals surface area contributed by atoms with Gasteiger partial charge in [0, 0.05) is 30.6 Å². The van der Waals surface area contributed by atoms with Crippen molar-refractivity contribution in [3.05, 3.63) is 35.0 Å². The van der Waals surface area contributed by atoms with Gasteiger partial charge in [0.25, 0.3) is 0 Å². The van der Waals surface area contributed by atoms with Crippen molar-refractivity contribution in [1.29, 1.82) is 0 Å². The summed E-state index contributed by atoms with van der Waals surface area (Å²) in [6, 6.07) is 3.10. The Bertz CT molecular complexity index is 1240. The van der Waals surface area contributed by atoms with Gasteiger partial charge in [0.05, 0.1) is 28.7 Å². The van der Waals surface area contributed by atoms with E-state index in [4.69, 9.17) is 17.3 Å². The summed E-state index contributed by atoms with van der Waals surface area (Å²) < 4.78 is 42.3. The Morgan fingerprint density at radius 1 is 1.30 bits per heavy atom. The second-order valence-electron chi connectivity index (χ2n) is 7.79. The van der Waals surface area contributed by atoms with Crippen LogP contribution in [-0.4, -0.2) is 51.6 Å². The van der Waals surface area contributed by atoms with Gasteiger partial charge < -0.3 is 10.3 Å². The van der Waals surface area contributed by atoms with Crippen LogP contribution < -0.4 is 5.73 Å². The SMILES string of the molecule is CC(C)n1c([C@@H]2CCN(S(C)(=O)=O)C2)nc2c(F)cc(-c3nc(N)ncc3Cl)cc21. The highest BCUT2D eigenvalue weighted by molar-refractivity contribution is 7.88. The highest BCUT2D eigenvalue weighted by Gasteiger charge is 2.33. The molecule has 0 radical (unpaired) electrons. The Hall–Kier alpha value is -2.30. The number of nitrogens with two attached hydrogens (primary N) is 1. The quantitative estimate of drug-likeness (QED) is 0.651. The highest BCUT2D eigenvalue weighted by Crippen LogP contribution is 2.36. The Kier molecular flexibility index (Phi) is 5.19. The number of anilines is 1. The largest absolute Gasteiger partial charge is 0.368 e. The zero-order chi connectivity index (χ0) is 21.8. The maximum atomic E-state index is 15.1. The Balaban J connectivity index is 1.87. The minimum Gasteiger partial charge on any atom is -0.368 e. The first-order valence-electron chi connectivity index (χ1n) is 9.51. The van der Waals surface area contributed by atoms with E-state index in [-0.39, 0.29) is 28.4 Å². The molecule has 2 N–H and O–H groups in total. The zero-order valence-corrected chi connectivity index (χ0v) is 18.4. The summed E-state index contributed by atoms with van der Waals surface area (Å²) in [5, 5.41) is 0.262. The molecule has 0 bridgehead atoms. The van der Waals surface area contributed by atoms with Gasteiger partial charge in [-0.25, -0.2) is 32.1 Å². The summed E-state index contributed by atoms with van der Waals surface area (Å²) in [5.74, 6) is 0.0975. The number of rotatable bonds is 4. The van der Waals surface area contributed by atoms with Gasteiger partial charge in [0.2, 0.25) is 16.0 Å². The normalized spacial score (nSPS) is 18.0. The number of aromatic nitrogens is 4. The smallest absolute Gasteiger partial charge is 0.220 e. The van der Waals surface area contributed by atoms with Gasteiger partial charge in [0.1, 0.15) is 11.3 Å². The van der Waals surface area contributed by atoms with E-state index in [1.54, 1.807) is 6.07 Å². The number of hydrogen-bond acceptors (Lipinski definition) is 6. The molecule has 0 spiro atoms. The van der Waals surface area contributed by atoms with Gasteiger partial charge in [0.15, 0.2) is 5.82 Å². The molecule has 2 aromatic heterocycles. The van der Waals surface area contributed by atoms with Gasteiger partial charge in [-0.2, -0.15) is 0 Å². The van der Waals surface area contributed by atoms with E-state index in [2.05, 4.69) is 15.0 Å². The van der Waals surface area contributed by atoms with E-state index in [1.165, 1.54) is 22.8 Å². The average molecular weight is 453 g/mol. The third kappa shape index (κ3) is 3.63. The number of nitrogens with zero attached hydrogens (tertiary/aromatic N) is 5. The third-order valence-corrected chi connectivity index (χ3v) is 6.86. The number of sulfonamides is 1. The van der Waals surface area contributed by atoms with Crippen molar-refractivity contribution in [2.24, 2.45) is 0 Å². The summed E-state index contributed by atoms with van der Waals surface area (Å²) in [6.07, 6.45) is 3.21. The number of hydrogen-bond donors (Lipinski definition) is 1. The molecule has 4 rings (SSSR count). The van der Waals surface area contributed by atoms with E-state index >= 15 is 4.39 Å². The van der Waals surface area contributed by atoms with Gasteiger partial charge in [-0.15, -0.1) is 0 Å². The molecule has 11 heteroatoms. The average Bonchev–Trinajstić information content (AvgIpc) is 3.28. The number of halogens is 2. The second-order valence-corrected chi connectivity index (χ2v) is 10.2. The summed E-state index contributed by atoms with van der Waals surface area (Å²) in [5.41, 5.74) is 7.32. The summed E-state index contributed by atoms with van der Waals surface area (Å²) >= 11 is 6.22. The molecule has 1 fully saturated rings. The molecule has 1 aromatic carbocycles. The molecule has 1 atom stereocenters. The van der Waals surface area contributed by atoms with Crippen LogP contribution >= 0.6 is 11.6 Å². The number of fused-ring (bicyclic) bond motifs is 1. The second kappa shape index (κ2) is 7.44. The molecule has 0 saturated carbocycles. The summed E-state index contributed by atoms with van der Waals surface area (Å²) in [4.78, 5) is 12.6. The van der Waals surface area contributed by atoms with Crippen LogP contribution in [0.2, 0.25) is 5.02 Å². The van der Waals surface area contributed by atoms with Crippen LogP contribution in [0, 0.1) is 5.82 Å². The first kappa shape index (κ1) is 21.0. The van der Waals surface area contributed by atoms with Crippen molar-refractivity contribution in [2.75, 3.05) is 25.1 Å². The molecule has 0 unspecified atom stereocenters. The van der Waals surface area contributed by atoms with E-state index in [0.29, 0.717) is 42.1 Å². The molecule has 0 amide bonds. The lowest BCUT2D eigenvalue weighted by atomic mass is 10.1. The van der Waals surface area contributed by atoms with Crippen LogP contribution in [-0.2, 0) is 10.0 Å². The number of benzene rings is 1. The maximum absolute atomic E-state index is 15.1. The van der Waals surface area contributed by atoms with Gasteiger partial charge in [-0.05, 0) is 32.4 Å². The van der Waals surface area contributed by atoms with Crippen LogP contribution in [0.4, 0.5) is 10.3 Å². The van der Waals surface area contributed by atoms with Crippen molar-refractivity contribution in [1.82, 2.24) is 23.8 Å². The Labute approximate surface area is 178 Å². The third-order valence-electron chi connectivity index (χ3n) is 5.31. The summed E-state index contributed by atoms with van der Waals surface area (Å²) in [6.45, 7) is 4.72. The van der Waals surface area contributed by atoms with E-state index in [0.717, 1.165) is 0 Å².